The van der Waals surface area contributed by atoms with Gasteiger partial charge in [-0.2, -0.15) is 0 Å². The summed E-state index contributed by atoms with van der Waals surface area (Å²) in [5, 5.41) is 9.11. The second kappa shape index (κ2) is 3.42. The van der Waals surface area contributed by atoms with Crippen molar-refractivity contribution < 1.29 is 19.3 Å². The zero-order chi connectivity index (χ0) is 11.3. The summed E-state index contributed by atoms with van der Waals surface area (Å²) in [6.45, 7) is 8.01. The van der Waals surface area contributed by atoms with Crippen LogP contribution in [0.4, 0.5) is 0 Å². The normalized spacial score (nSPS) is 43.6. The van der Waals surface area contributed by atoms with Gasteiger partial charge in [0.05, 0.1) is 12.7 Å². The molecule has 0 aromatic heterocycles. The summed E-state index contributed by atoms with van der Waals surface area (Å²) in [5.41, 5.74) is -0.392. The number of hydrogen-bond donors (Lipinski definition) is 1. The Morgan fingerprint density at radius 2 is 2.07 bits per heavy atom. The average molecular weight is 216 g/mol. The number of aliphatic hydroxyl groups excluding tert-OH is 1. The van der Waals surface area contributed by atoms with Crippen LogP contribution in [0.5, 0.6) is 0 Å². The van der Waals surface area contributed by atoms with Crippen molar-refractivity contribution in [3.8, 4) is 0 Å². The minimum atomic E-state index is -0.588. The van der Waals surface area contributed by atoms with Crippen molar-refractivity contribution in [3.63, 3.8) is 0 Å². The molecule has 0 saturated carbocycles. The molecule has 0 radical (unpaired) electrons. The van der Waals surface area contributed by atoms with Crippen LogP contribution >= 0.6 is 0 Å². The molecule has 1 N–H and O–H groups in total. The molecule has 2 aliphatic heterocycles. The summed E-state index contributed by atoms with van der Waals surface area (Å²) in [7, 11) is 0. The van der Waals surface area contributed by atoms with Crippen molar-refractivity contribution in [2.24, 2.45) is 5.92 Å². The third kappa shape index (κ3) is 1.69. The Morgan fingerprint density at radius 3 is 2.53 bits per heavy atom. The molecular formula is C11H20O4. The van der Waals surface area contributed by atoms with Gasteiger partial charge in [-0.1, -0.05) is 13.8 Å². The van der Waals surface area contributed by atoms with Gasteiger partial charge >= 0.3 is 0 Å². The first-order valence-electron chi connectivity index (χ1n) is 5.54. The van der Waals surface area contributed by atoms with E-state index in [-0.39, 0.29) is 19.0 Å². The molecule has 0 amide bonds. The maximum Gasteiger partial charge on any atom is 0.190 e. The zero-order valence-electron chi connectivity index (χ0n) is 9.82. The molecule has 0 aromatic carbocycles. The van der Waals surface area contributed by atoms with Gasteiger partial charge in [0.15, 0.2) is 12.1 Å². The Hall–Kier alpha value is -0.160. The topological polar surface area (TPSA) is 47.9 Å². The van der Waals surface area contributed by atoms with E-state index in [9.17, 15) is 0 Å². The molecule has 3 atom stereocenters. The van der Waals surface area contributed by atoms with Gasteiger partial charge in [-0.05, 0) is 19.8 Å². The first-order valence-corrected chi connectivity index (χ1v) is 5.54. The second-order valence-electron chi connectivity index (χ2n) is 5.21. The van der Waals surface area contributed by atoms with Gasteiger partial charge in [-0.3, -0.25) is 0 Å². The van der Waals surface area contributed by atoms with Gasteiger partial charge in [0, 0.05) is 6.42 Å². The second-order valence-corrected chi connectivity index (χ2v) is 5.21. The Labute approximate surface area is 90.5 Å². The maximum atomic E-state index is 9.11. The fourth-order valence-corrected chi connectivity index (χ4v) is 2.48. The molecule has 15 heavy (non-hydrogen) atoms. The van der Waals surface area contributed by atoms with Gasteiger partial charge < -0.3 is 19.3 Å². The molecule has 2 saturated heterocycles. The summed E-state index contributed by atoms with van der Waals surface area (Å²) in [6, 6.07) is 0. The van der Waals surface area contributed by atoms with Crippen molar-refractivity contribution >= 4 is 0 Å². The van der Waals surface area contributed by atoms with Crippen LogP contribution in [0.2, 0.25) is 0 Å². The average Bonchev–Trinajstić information content (AvgIpc) is 2.53. The van der Waals surface area contributed by atoms with Crippen LogP contribution in [-0.2, 0) is 14.2 Å². The minimum absolute atomic E-state index is 0.0259. The largest absolute Gasteiger partial charge is 0.394 e. The van der Waals surface area contributed by atoms with Gasteiger partial charge in [-0.25, -0.2) is 0 Å². The van der Waals surface area contributed by atoms with E-state index in [0.29, 0.717) is 12.3 Å². The number of fused-ring (bicyclic) bond motifs is 1. The highest BCUT2D eigenvalue weighted by molar-refractivity contribution is 5.00. The SMILES string of the molecule is CC(C)[C@@]12C[C@@H](CO)OC1OC(C)(C)O2. The first-order chi connectivity index (χ1) is 6.89. The minimum Gasteiger partial charge on any atom is -0.394 e. The fraction of sp³-hybridized carbons (Fsp3) is 1.00. The van der Waals surface area contributed by atoms with E-state index in [0.717, 1.165) is 0 Å². The van der Waals surface area contributed by atoms with Crippen LogP contribution in [0.3, 0.4) is 0 Å². The standard InChI is InChI=1S/C11H20O4/c1-7(2)11-5-8(6-12)13-9(11)14-10(3,4)15-11/h7-9,12H,5-6H2,1-4H3/t8-,9?,11-/m0/s1. The molecule has 1 unspecified atom stereocenters. The van der Waals surface area contributed by atoms with Gasteiger partial charge in [0.25, 0.3) is 0 Å². The number of aliphatic hydroxyl groups is 1. The third-order valence-corrected chi connectivity index (χ3v) is 3.27. The molecular weight excluding hydrogens is 196 g/mol. The zero-order valence-corrected chi connectivity index (χ0v) is 9.82. The number of ether oxygens (including phenoxy) is 3. The Morgan fingerprint density at radius 1 is 1.40 bits per heavy atom. The van der Waals surface area contributed by atoms with Crippen molar-refractivity contribution in [1.82, 2.24) is 0 Å². The van der Waals surface area contributed by atoms with Gasteiger partial charge in [0.2, 0.25) is 0 Å². The number of rotatable bonds is 2. The molecule has 0 bridgehead atoms. The maximum absolute atomic E-state index is 9.11. The third-order valence-electron chi connectivity index (χ3n) is 3.27. The van der Waals surface area contributed by atoms with Crippen molar-refractivity contribution in [2.45, 2.75) is 57.9 Å². The van der Waals surface area contributed by atoms with Crippen LogP contribution in [0.15, 0.2) is 0 Å². The number of hydrogen-bond acceptors (Lipinski definition) is 4. The van der Waals surface area contributed by atoms with E-state index in [1.807, 2.05) is 13.8 Å². The quantitative estimate of drug-likeness (QED) is 0.755. The highest BCUT2D eigenvalue weighted by Gasteiger charge is 2.61. The van der Waals surface area contributed by atoms with Crippen LogP contribution in [0, 0.1) is 5.92 Å². The lowest BCUT2D eigenvalue weighted by Crippen LogP contribution is -2.41. The van der Waals surface area contributed by atoms with E-state index >= 15 is 0 Å². The fourth-order valence-electron chi connectivity index (χ4n) is 2.48. The highest BCUT2D eigenvalue weighted by Crippen LogP contribution is 2.49. The van der Waals surface area contributed by atoms with E-state index in [4.69, 9.17) is 19.3 Å². The van der Waals surface area contributed by atoms with E-state index in [1.165, 1.54) is 0 Å². The monoisotopic (exact) mass is 216 g/mol. The summed E-state index contributed by atoms with van der Waals surface area (Å²) < 4.78 is 17.3. The van der Waals surface area contributed by atoms with Gasteiger partial charge in [0.1, 0.15) is 5.60 Å². The summed E-state index contributed by atoms with van der Waals surface area (Å²) in [5.74, 6) is -0.282. The smallest absolute Gasteiger partial charge is 0.190 e. The molecule has 2 rings (SSSR count). The summed E-state index contributed by atoms with van der Waals surface area (Å²) in [4.78, 5) is 0. The molecule has 0 aliphatic carbocycles. The van der Waals surface area contributed by atoms with Crippen molar-refractivity contribution in [1.29, 1.82) is 0 Å². The molecule has 4 nitrogen and oxygen atoms in total. The molecule has 4 heteroatoms. The summed E-state index contributed by atoms with van der Waals surface area (Å²) >= 11 is 0. The molecule has 2 fully saturated rings. The van der Waals surface area contributed by atoms with Crippen molar-refractivity contribution in [3.05, 3.63) is 0 Å². The Bertz CT molecular complexity index is 251. The molecule has 88 valence electrons. The van der Waals surface area contributed by atoms with Crippen LogP contribution in [-0.4, -0.2) is 35.5 Å². The lowest BCUT2D eigenvalue weighted by Gasteiger charge is -2.30. The first kappa shape index (κ1) is 11.3. The lowest BCUT2D eigenvalue weighted by atomic mass is 9.86. The Kier molecular flexibility index (Phi) is 2.58. The molecule has 0 spiro atoms. The Balaban J connectivity index is 2.22. The van der Waals surface area contributed by atoms with Crippen LogP contribution in [0.1, 0.15) is 34.1 Å². The van der Waals surface area contributed by atoms with Crippen molar-refractivity contribution in [2.75, 3.05) is 6.61 Å². The van der Waals surface area contributed by atoms with E-state index in [1.54, 1.807) is 0 Å². The molecule has 2 aliphatic rings. The molecule has 2 heterocycles. The van der Waals surface area contributed by atoms with Crippen LogP contribution in [0.25, 0.3) is 0 Å². The van der Waals surface area contributed by atoms with E-state index in [2.05, 4.69) is 13.8 Å². The van der Waals surface area contributed by atoms with Crippen LogP contribution < -0.4 is 0 Å². The van der Waals surface area contributed by atoms with E-state index < -0.39 is 11.4 Å². The molecule has 0 aromatic rings. The lowest BCUT2D eigenvalue weighted by molar-refractivity contribution is -0.210. The highest BCUT2D eigenvalue weighted by atomic mass is 16.8. The predicted octanol–water partition coefficient (Wildman–Crippen LogP) is 1.27. The summed E-state index contributed by atoms with van der Waals surface area (Å²) in [6.07, 6.45) is 0.202. The predicted molar refractivity (Wildman–Crippen MR) is 54.2 cm³/mol. The van der Waals surface area contributed by atoms with Gasteiger partial charge in [-0.15, -0.1) is 0 Å².